The lowest BCUT2D eigenvalue weighted by Crippen LogP contribution is -1.86. The van der Waals surface area contributed by atoms with E-state index in [0.717, 1.165) is 0 Å². The minimum atomic E-state index is 1.22. The molecule has 0 aromatic carbocycles. The number of hydrogen-bond acceptors (Lipinski definition) is 0. The lowest BCUT2D eigenvalue weighted by atomic mass is 10.0. The second-order valence-electron chi connectivity index (χ2n) is 2.45. The molecular formula is C9H9. The van der Waals surface area contributed by atoms with Crippen LogP contribution >= 0.6 is 0 Å². The molecule has 0 aliphatic heterocycles. The Morgan fingerprint density at radius 2 is 2.22 bits per heavy atom. The van der Waals surface area contributed by atoms with Gasteiger partial charge in [-0.2, -0.15) is 0 Å². The van der Waals surface area contributed by atoms with E-state index < -0.39 is 0 Å². The van der Waals surface area contributed by atoms with Crippen LogP contribution in [0, 0.1) is 6.42 Å². The fraction of sp³-hybridized carbons (Fsp3) is 0.222. The summed E-state index contributed by atoms with van der Waals surface area (Å²) in [4.78, 5) is 0. The molecule has 0 aromatic heterocycles. The summed E-state index contributed by atoms with van der Waals surface area (Å²) < 4.78 is 0. The van der Waals surface area contributed by atoms with E-state index >= 15 is 0 Å². The maximum absolute atomic E-state index is 2.24. The van der Waals surface area contributed by atoms with Gasteiger partial charge in [0.2, 0.25) is 0 Å². The van der Waals surface area contributed by atoms with E-state index in [2.05, 4.69) is 30.7 Å². The molecule has 2 aliphatic carbocycles. The lowest BCUT2D eigenvalue weighted by Gasteiger charge is -2.05. The van der Waals surface area contributed by atoms with Gasteiger partial charge < -0.3 is 0 Å². The van der Waals surface area contributed by atoms with Crippen molar-refractivity contribution >= 4 is 0 Å². The molecule has 0 amide bonds. The standard InChI is InChI=1S/C9H9/c1-2-5-9-7-3-6-8(9)4-1/h1,3-4,6-7H,2,5H2. The summed E-state index contributed by atoms with van der Waals surface area (Å²) in [7, 11) is 0. The zero-order valence-corrected chi connectivity index (χ0v) is 5.30. The van der Waals surface area contributed by atoms with Crippen LogP contribution in [-0.4, -0.2) is 0 Å². The number of allylic oxidation sites excluding steroid dienone is 6. The van der Waals surface area contributed by atoms with Crippen molar-refractivity contribution in [3.05, 3.63) is 41.9 Å². The maximum Gasteiger partial charge on any atom is 0.0127 e. The Morgan fingerprint density at radius 1 is 1.22 bits per heavy atom. The zero-order chi connectivity index (χ0) is 6.10. The van der Waals surface area contributed by atoms with Gasteiger partial charge in [0, 0.05) is 6.42 Å². The van der Waals surface area contributed by atoms with Crippen LogP contribution in [0.4, 0.5) is 0 Å². The summed E-state index contributed by atoms with van der Waals surface area (Å²) >= 11 is 0. The Bertz CT molecular complexity index is 204. The average molecular weight is 117 g/mol. The molecule has 0 spiro atoms. The molecule has 0 fully saturated rings. The van der Waals surface area contributed by atoms with Crippen molar-refractivity contribution in [3.63, 3.8) is 0 Å². The van der Waals surface area contributed by atoms with E-state index in [4.69, 9.17) is 0 Å². The number of hydrogen-bond donors (Lipinski definition) is 0. The van der Waals surface area contributed by atoms with Gasteiger partial charge in [-0.3, -0.25) is 0 Å². The quantitative estimate of drug-likeness (QED) is 0.457. The molecule has 0 saturated heterocycles. The normalized spacial score (nSPS) is 23.1. The Morgan fingerprint density at radius 3 is 3.11 bits per heavy atom. The summed E-state index contributed by atoms with van der Waals surface area (Å²) in [6.45, 7) is 0. The first-order valence-electron chi connectivity index (χ1n) is 3.38. The molecule has 0 nitrogen and oxygen atoms in total. The van der Waals surface area contributed by atoms with Crippen molar-refractivity contribution < 1.29 is 0 Å². The Labute approximate surface area is 55.6 Å². The van der Waals surface area contributed by atoms with E-state index in [1.165, 1.54) is 24.0 Å². The fourth-order valence-corrected chi connectivity index (χ4v) is 1.31. The minimum Gasteiger partial charge on any atom is -0.0839 e. The molecule has 9 heavy (non-hydrogen) atoms. The van der Waals surface area contributed by atoms with Crippen molar-refractivity contribution in [2.45, 2.75) is 12.8 Å². The van der Waals surface area contributed by atoms with Crippen LogP contribution in [0.2, 0.25) is 0 Å². The number of rotatable bonds is 0. The molecule has 0 heterocycles. The molecule has 45 valence electrons. The SMILES string of the molecule is [CH]1C=CC2=C1C=CCC2. The minimum absolute atomic E-state index is 1.22. The molecular weight excluding hydrogens is 108 g/mol. The first-order valence-corrected chi connectivity index (χ1v) is 3.38. The zero-order valence-electron chi connectivity index (χ0n) is 5.30. The van der Waals surface area contributed by atoms with Crippen LogP contribution in [0.1, 0.15) is 12.8 Å². The fourth-order valence-electron chi connectivity index (χ4n) is 1.31. The van der Waals surface area contributed by atoms with Gasteiger partial charge in [-0.25, -0.2) is 0 Å². The smallest absolute Gasteiger partial charge is 0.0127 e. The molecule has 0 heteroatoms. The van der Waals surface area contributed by atoms with Crippen molar-refractivity contribution in [2.75, 3.05) is 0 Å². The van der Waals surface area contributed by atoms with Crippen molar-refractivity contribution in [2.24, 2.45) is 0 Å². The lowest BCUT2D eigenvalue weighted by molar-refractivity contribution is 0.983. The third-order valence-electron chi connectivity index (χ3n) is 1.82. The highest BCUT2D eigenvalue weighted by molar-refractivity contribution is 5.49. The van der Waals surface area contributed by atoms with E-state index in [1.807, 2.05) is 0 Å². The summed E-state index contributed by atoms with van der Waals surface area (Å²) in [6, 6.07) is 0. The third-order valence-corrected chi connectivity index (χ3v) is 1.82. The largest absolute Gasteiger partial charge is 0.0839 e. The van der Waals surface area contributed by atoms with Gasteiger partial charge in [0.05, 0.1) is 0 Å². The molecule has 1 radical (unpaired) electrons. The molecule has 0 bridgehead atoms. The maximum atomic E-state index is 2.24. The molecule has 0 atom stereocenters. The van der Waals surface area contributed by atoms with Gasteiger partial charge in [-0.05, 0) is 24.0 Å². The topological polar surface area (TPSA) is 0 Å². The van der Waals surface area contributed by atoms with Crippen LogP contribution in [0.25, 0.3) is 0 Å². The Hall–Kier alpha value is -0.780. The van der Waals surface area contributed by atoms with E-state index in [1.54, 1.807) is 0 Å². The molecule has 2 rings (SSSR count). The highest BCUT2D eigenvalue weighted by Crippen LogP contribution is 2.26. The van der Waals surface area contributed by atoms with Crippen molar-refractivity contribution in [3.8, 4) is 0 Å². The van der Waals surface area contributed by atoms with Gasteiger partial charge >= 0.3 is 0 Å². The van der Waals surface area contributed by atoms with Crippen LogP contribution in [0.15, 0.2) is 35.5 Å². The molecule has 0 unspecified atom stereocenters. The average Bonchev–Trinajstić information content (AvgIpc) is 2.33. The van der Waals surface area contributed by atoms with Crippen molar-refractivity contribution in [1.82, 2.24) is 0 Å². The Kier molecular flexibility index (Phi) is 1.05. The predicted octanol–water partition coefficient (Wildman–Crippen LogP) is 2.41. The molecule has 2 aliphatic rings. The van der Waals surface area contributed by atoms with Gasteiger partial charge in [0.15, 0.2) is 0 Å². The summed E-state index contributed by atoms with van der Waals surface area (Å²) in [6.07, 6.45) is 13.4. The van der Waals surface area contributed by atoms with Crippen LogP contribution in [-0.2, 0) is 0 Å². The highest BCUT2D eigenvalue weighted by atomic mass is 14.1. The summed E-state index contributed by atoms with van der Waals surface area (Å²) in [5.41, 5.74) is 2.93. The Balaban J connectivity index is 2.35. The van der Waals surface area contributed by atoms with Gasteiger partial charge in [-0.15, -0.1) is 0 Å². The van der Waals surface area contributed by atoms with E-state index in [0.29, 0.717) is 0 Å². The van der Waals surface area contributed by atoms with E-state index in [9.17, 15) is 0 Å². The summed E-state index contributed by atoms with van der Waals surface area (Å²) in [5.74, 6) is 0. The monoisotopic (exact) mass is 117 g/mol. The molecule has 0 saturated carbocycles. The van der Waals surface area contributed by atoms with Crippen LogP contribution in [0.3, 0.4) is 0 Å². The highest BCUT2D eigenvalue weighted by Gasteiger charge is 2.08. The molecule has 0 N–H and O–H groups in total. The van der Waals surface area contributed by atoms with Crippen molar-refractivity contribution in [1.29, 1.82) is 0 Å². The van der Waals surface area contributed by atoms with Gasteiger partial charge in [-0.1, -0.05) is 24.3 Å². The second kappa shape index (κ2) is 1.87. The first-order chi connectivity index (χ1) is 4.47. The van der Waals surface area contributed by atoms with Crippen LogP contribution < -0.4 is 0 Å². The first kappa shape index (κ1) is 5.04. The van der Waals surface area contributed by atoms with Gasteiger partial charge in [0.25, 0.3) is 0 Å². The van der Waals surface area contributed by atoms with E-state index in [-0.39, 0.29) is 0 Å². The molecule has 0 aromatic rings. The third kappa shape index (κ3) is 0.748. The predicted molar refractivity (Wildman–Crippen MR) is 38.8 cm³/mol. The summed E-state index contributed by atoms with van der Waals surface area (Å²) in [5, 5.41) is 0. The second-order valence-corrected chi connectivity index (χ2v) is 2.45. The van der Waals surface area contributed by atoms with Crippen LogP contribution in [0.5, 0.6) is 0 Å². The van der Waals surface area contributed by atoms with Gasteiger partial charge in [0.1, 0.15) is 0 Å².